The number of carbonyl (C=O) groups is 1. The van der Waals surface area contributed by atoms with E-state index in [4.69, 9.17) is 9.72 Å². The minimum absolute atomic E-state index is 0.0706. The van der Waals surface area contributed by atoms with Gasteiger partial charge in [-0.1, -0.05) is 19.9 Å². The van der Waals surface area contributed by atoms with Crippen molar-refractivity contribution >= 4 is 5.78 Å². The number of allylic oxidation sites excluding steroid dienone is 2. The Morgan fingerprint density at radius 3 is 2.70 bits per heavy atom. The van der Waals surface area contributed by atoms with Crippen LogP contribution >= 0.6 is 0 Å². The minimum Gasteiger partial charge on any atom is -0.481 e. The molecule has 0 amide bonds. The number of methoxy groups -OCH3 is 1. The molecule has 0 aromatic carbocycles. The molecule has 0 aliphatic heterocycles. The number of rotatable bonds is 2. The summed E-state index contributed by atoms with van der Waals surface area (Å²) in [7, 11) is 1.61. The molecule has 136 valence electrons. The van der Waals surface area contributed by atoms with Gasteiger partial charge < -0.3 is 4.74 Å². The van der Waals surface area contributed by atoms with Gasteiger partial charge in [-0.05, 0) is 30.9 Å². The Kier molecular flexibility index (Phi) is 4.03. The van der Waals surface area contributed by atoms with Gasteiger partial charge in [-0.15, -0.1) is 0 Å². The number of Topliss-reactive ketones (excluding diaryl/α,β-unsaturated/α-hetero) is 1. The molecule has 2 aliphatic carbocycles. The smallest absolute Gasteiger partial charge is 0.220 e. The topological polar surface area (TPSA) is 88.8 Å². The van der Waals surface area contributed by atoms with Crippen LogP contribution in [0.1, 0.15) is 31.5 Å². The fraction of sp³-hybridized carbons (Fsp3) is 0.381. The standard InChI is InChI=1S/C21H20N4O2/c1-12-16-5-4-15-18(21(16,2)10-14(11-22)17(12)26)24-19(25-20(15)27-3)13-6-8-23-9-7-13/h6-10,12,16H,4-5H2,1-3H3/t12-,16-,21-/m0/s1. The Labute approximate surface area is 157 Å². The fourth-order valence-corrected chi connectivity index (χ4v) is 4.54. The summed E-state index contributed by atoms with van der Waals surface area (Å²) >= 11 is 0. The van der Waals surface area contributed by atoms with Crippen LogP contribution in [0.25, 0.3) is 11.4 Å². The summed E-state index contributed by atoms with van der Waals surface area (Å²) in [6.07, 6.45) is 6.79. The predicted molar refractivity (Wildman–Crippen MR) is 98.8 cm³/mol. The molecule has 4 rings (SSSR count). The van der Waals surface area contributed by atoms with Crippen LogP contribution in [0.5, 0.6) is 5.88 Å². The Morgan fingerprint density at radius 1 is 1.30 bits per heavy atom. The highest BCUT2D eigenvalue weighted by atomic mass is 16.5. The van der Waals surface area contributed by atoms with Crippen molar-refractivity contribution in [1.82, 2.24) is 15.0 Å². The summed E-state index contributed by atoms with van der Waals surface area (Å²) in [6.45, 7) is 3.99. The van der Waals surface area contributed by atoms with Gasteiger partial charge in [0.15, 0.2) is 11.6 Å². The SMILES string of the molecule is COc1nc(-c2ccncc2)nc2c1CC[C@H]1[C@H](C)C(=O)C(C#N)=C[C@]21C. The lowest BCUT2D eigenvalue weighted by Gasteiger charge is -2.45. The van der Waals surface area contributed by atoms with E-state index in [1.807, 2.05) is 19.1 Å². The maximum Gasteiger partial charge on any atom is 0.220 e. The number of hydrogen-bond donors (Lipinski definition) is 0. The molecule has 0 radical (unpaired) electrons. The third kappa shape index (κ3) is 2.54. The van der Waals surface area contributed by atoms with E-state index in [9.17, 15) is 10.1 Å². The second kappa shape index (κ2) is 6.27. The number of ketones is 1. The zero-order valence-corrected chi connectivity index (χ0v) is 15.6. The zero-order valence-electron chi connectivity index (χ0n) is 15.6. The van der Waals surface area contributed by atoms with Crippen LogP contribution in [-0.2, 0) is 16.6 Å². The quantitative estimate of drug-likeness (QED) is 0.818. The van der Waals surface area contributed by atoms with Crippen molar-refractivity contribution in [2.45, 2.75) is 32.1 Å². The number of ether oxygens (including phenoxy) is 1. The van der Waals surface area contributed by atoms with Gasteiger partial charge in [-0.2, -0.15) is 10.2 Å². The van der Waals surface area contributed by atoms with Gasteiger partial charge in [0.05, 0.1) is 18.4 Å². The predicted octanol–water partition coefficient (Wildman–Crippen LogP) is 3.04. The molecule has 2 aliphatic rings. The average Bonchev–Trinajstić information content (AvgIpc) is 2.70. The lowest BCUT2D eigenvalue weighted by Crippen LogP contribution is -2.46. The summed E-state index contributed by atoms with van der Waals surface area (Å²) in [4.78, 5) is 26.1. The van der Waals surface area contributed by atoms with Gasteiger partial charge >= 0.3 is 0 Å². The van der Waals surface area contributed by atoms with E-state index < -0.39 is 5.41 Å². The van der Waals surface area contributed by atoms with Crippen LogP contribution < -0.4 is 4.74 Å². The van der Waals surface area contributed by atoms with Crippen LogP contribution in [0.2, 0.25) is 0 Å². The Balaban J connectivity index is 1.98. The number of fused-ring (bicyclic) bond motifs is 3. The van der Waals surface area contributed by atoms with Crippen LogP contribution in [0.15, 0.2) is 36.2 Å². The Hall–Kier alpha value is -3.07. The lowest BCUT2D eigenvalue weighted by molar-refractivity contribution is -0.121. The van der Waals surface area contributed by atoms with E-state index in [1.54, 1.807) is 25.6 Å². The first kappa shape index (κ1) is 17.3. The van der Waals surface area contributed by atoms with E-state index in [1.165, 1.54) is 0 Å². The molecular formula is C21H20N4O2. The molecule has 2 heterocycles. The van der Waals surface area contributed by atoms with Gasteiger partial charge in [0.1, 0.15) is 6.07 Å². The maximum absolute atomic E-state index is 12.5. The molecule has 6 nitrogen and oxygen atoms in total. The number of nitrogens with zero attached hydrogens (tertiary/aromatic N) is 4. The van der Waals surface area contributed by atoms with Crippen LogP contribution in [0.3, 0.4) is 0 Å². The molecule has 27 heavy (non-hydrogen) atoms. The first-order valence-electron chi connectivity index (χ1n) is 9.02. The molecule has 3 atom stereocenters. The van der Waals surface area contributed by atoms with Gasteiger partial charge in [-0.3, -0.25) is 9.78 Å². The highest BCUT2D eigenvalue weighted by Crippen LogP contribution is 2.50. The molecule has 0 N–H and O–H groups in total. The molecule has 2 aromatic rings. The molecular weight excluding hydrogens is 340 g/mol. The molecule has 0 fully saturated rings. The normalized spacial score (nSPS) is 26.4. The van der Waals surface area contributed by atoms with Crippen molar-refractivity contribution < 1.29 is 9.53 Å². The number of hydrogen-bond acceptors (Lipinski definition) is 6. The van der Waals surface area contributed by atoms with Crippen LogP contribution in [-0.4, -0.2) is 27.8 Å². The zero-order chi connectivity index (χ0) is 19.2. The van der Waals surface area contributed by atoms with Gasteiger partial charge in [0.2, 0.25) is 5.88 Å². The molecule has 0 unspecified atom stereocenters. The molecule has 0 saturated heterocycles. The van der Waals surface area contributed by atoms with Crippen molar-refractivity contribution in [3.63, 3.8) is 0 Å². The first-order valence-corrected chi connectivity index (χ1v) is 9.02. The van der Waals surface area contributed by atoms with Crippen LogP contribution in [0, 0.1) is 23.2 Å². The van der Waals surface area contributed by atoms with Crippen LogP contribution in [0.4, 0.5) is 0 Å². The highest BCUT2D eigenvalue weighted by molar-refractivity contribution is 6.02. The third-order valence-corrected chi connectivity index (χ3v) is 5.93. The molecule has 0 saturated carbocycles. The summed E-state index contributed by atoms with van der Waals surface area (Å²) in [5, 5.41) is 9.46. The van der Waals surface area contributed by atoms with Crippen molar-refractivity contribution in [2.24, 2.45) is 11.8 Å². The lowest BCUT2D eigenvalue weighted by atomic mass is 9.58. The summed E-state index contributed by atoms with van der Waals surface area (Å²) in [5.74, 6) is 0.931. The molecule has 0 spiro atoms. The molecule has 6 heteroatoms. The van der Waals surface area contributed by atoms with Gasteiger partial charge in [-0.25, -0.2) is 4.98 Å². The van der Waals surface area contributed by atoms with Crippen molar-refractivity contribution in [1.29, 1.82) is 5.26 Å². The summed E-state index contributed by atoms with van der Waals surface area (Å²) in [6, 6.07) is 5.79. The van der Waals surface area contributed by atoms with E-state index in [0.717, 1.165) is 29.7 Å². The van der Waals surface area contributed by atoms with Crippen molar-refractivity contribution in [2.75, 3.05) is 7.11 Å². The Bertz CT molecular complexity index is 993. The second-order valence-corrected chi connectivity index (χ2v) is 7.37. The number of pyridine rings is 1. The average molecular weight is 360 g/mol. The fourth-order valence-electron chi connectivity index (χ4n) is 4.54. The monoisotopic (exact) mass is 360 g/mol. The van der Waals surface area contributed by atoms with Gasteiger partial charge in [0.25, 0.3) is 0 Å². The summed E-state index contributed by atoms with van der Waals surface area (Å²) < 4.78 is 5.58. The van der Waals surface area contributed by atoms with Gasteiger partial charge in [0, 0.05) is 34.9 Å². The Morgan fingerprint density at radius 2 is 2.04 bits per heavy atom. The van der Waals surface area contributed by atoms with E-state index in [-0.39, 0.29) is 23.2 Å². The number of carbonyl (C=O) groups excluding carboxylic acids is 1. The third-order valence-electron chi connectivity index (χ3n) is 5.93. The minimum atomic E-state index is -0.510. The second-order valence-electron chi connectivity index (χ2n) is 7.37. The first-order chi connectivity index (χ1) is 13.0. The van der Waals surface area contributed by atoms with E-state index >= 15 is 0 Å². The van der Waals surface area contributed by atoms with Crippen molar-refractivity contribution in [3.05, 3.63) is 47.4 Å². The molecule has 2 aromatic heterocycles. The largest absolute Gasteiger partial charge is 0.481 e. The van der Waals surface area contributed by atoms with Crippen molar-refractivity contribution in [3.8, 4) is 23.3 Å². The van der Waals surface area contributed by atoms with E-state index in [2.05, 4.69) is 23.0 Å². The van der Waals surface area contributed by atoms with E-state index in [0.29, 0.717) is 11.7 Å². The molecule has 0 bridgehead atoms. The maximum atomic E-state index is 12.5. The summed E-state index contributed by atoms with van der Waals surface area (Å²) in [5.41, 5.74) is 2.37. The number of aromatic nitrogens is 3. The number of nitriles is 1. The highest BCUT2D eigenvalue weighted by Gasteiger charge is 2.49.